The van der Waals surface area contributed by atoms with Gasteiger partial charge in [0.05, 0.1) is 5.56 Å². The van der Waals surface area contributed by atoms with E-state index < -0.39 is 11.6 Å². The molecule has 0 bridgehead atoms. The molecule has 0 radical (unpaired) electrons. The fourth-order valence-corrected chi connectivity index (χ4v) is 1.82. The number of nitrogens with zero attached hydrogens (tertiary/aromatic N) is 3. The largest absolute Gasteiger partial charge is 0.340 e. The lowest BCUT2D eigenvalue weighted by atomic mass is 10.2. The Bertz CT molecular complexity index is 763. The maximum Gasteiger partial charge on any atom is 0.169 e. The van der Waals surface area contributed by atoms with Crippen LogP contribution in [0.25, 0.3) is 11.4 Å². The summed E-state index contributed by atoms with van der Waals surface area (Å²) in [6.45, 7) is 0. The van der Waals surface area contributed by atoms with Crippen molar-refractivity contribution in [3.63, 3.8) is 0 Å². The Labute approximate surface area is 119 Å². The van der Waals surface area contributed by atoms with Crippen LogP contribution >= 0.6 is 0 Å². The van der Waals surface area contributed by atoms with Crippen molar-refractivity contribution in [1.29, 1.82) is 0 Å². The van der Waals surface area contributed by atoms with E-state index in [0.717, 1.165) is 11.8 Å². The summed E-state index contributed by atoms with van der Waals surface area (Å²) in [6, 6.07) is 9.08. The third kappa shape index (κ3) is 2.84. The number of halogens is 2. The molecule has 0 aliphatic carbocycles. The van der Waals surface area contributed by atoms with Gasteiger partial charge in [-0.25, -0.2) is 18.7 Å². The van der Waals surface area contributed by atoms with Gasteiger partial charge in [-0.05, 0) is 30.3 Å². The zero-order valence-electron chi connectivity index (χ0n) is 10.8. The molecule has 1 N–H and O–H groups in total. The van der Waals surface area contributed by atoms with Crippen LogP contribution in [0.1, 0.15) is 0 Å². The van der Waals surface area contributed by atoms with Gasteiger partial charge < -0.3 is 5.32 Å². The summed E-state index contributed by atoms with van der Waals surface area (Å²) < 4.78 is 27.0. The van der Waals surface area contributed by atoms with Gasteiger partial charge in [-0.2, -0.15) is 0 Å². The average Bonchev–Trinajstić information content (AvgIpc) is 2.51. The third-order valence-electron chi connectivity index (χ3n) is 2.80. The Morgan fingerprint density at radius 1 is 0.905 bits per heavy atom. The molecule has 0 aliphatic heterocycles. The van der Waals surface area contributed by atoms with Crippen molar-refractivity contribution in [3.8, 4) is 11.4 Å². The molecular weight excluding hydrogens is 274 g/mol. The zero-order chi connectivity index (χ0) is 14.7. The molecule has 2 heterocycles. The van der Waals surface area contributed by atoms with Crippen LogP contribution in [-0.2, 0) is 0 Å². The van der Waals surface area contributed by atoms with E-state index in [1.54, 1.807) is 30.6 Å². The number of benzene rings is 1. The molecule has 4 nitrogen and oxygen atoms in total. The van der Waals surface area contributed by atoms with E-state index in [0.29, 0.717) is 5.82 Å². The van der Waals surface area contributed by atoms with Crippen LogP contribution in [0, 0.1) is 11.6 Å². The molecule has 0 atom stereocenters. The lowest BCUT2D eigenvalue weighted by Gasteiger charge is -2.07. The van der Waals surface area contributed by atoms with Crippen LogP contribution in [0.3, 0.4) is 0 Å². The number of aromatic nitrogens is 3. The van der Waals surface area contributed by atoms with Crippen molar-refractivity contribution in [1.82, 2.24) is 15.0 Å². The number of nitrogens with one attached hydrogen (secondary N) is 1. The first-order valence-electron chi connectivity index (χ1n) is 6.18. The standard InChI is InChI=1S/C15H10F2N4/c16-12-3-1-2-11(14(12)17)15-19-9-6-13(21-15)20-10-4-7-18-8-5-10/h1-9H,(H,18,19,20,21). The quantitative estimate of drug-likeness (QED) is 0.799. The van der Waals surface area contributed by atoms with E-state index >= 15 is 0 Å². The van der Waals surface area contributed by atoms with Crippen molar-refractivity contribution in [2.75, 3.05) is 5.32 Å². The fourth-order valence-electron chi connectivity index (χ4n) is 1.82. The zero-order valence-corrected chi connectivity index (χ0v) is 10.8. The molecule has 104 valence electrons. The second kappa shape index (κ2) is 5.62. The van der Waals surface area contributed by atoms with Gasteiger partial charge >= 0.3 is 0 Å². The molecule has 0 fully saturated rings. The third-order valence-corrected chi connectivity index (χ3v) is 2.80. The summed E-state index contributed by atoms with van der Waals surface area (Å²) in [5.74, 6) is -1.29. The Morgan fingerprint density at radius 2 is 1.71 bits per heavy atom. The van der Waals surface area contributed by atoms with Gasteiger partial charge in [-0.3, -0.25) is 4.98 Å². The molecule has 0 unspecified atom stereocenters. The maximum atomic E-state index is 13.8. The molecule has 2 aromatic heterocycles. The first-order valence-corrected chi connectivity index (χ1v) is 6.18. The van der Waals surface area contributed by atoms with Crippen LogP contribution < -0.4 is 5.32 Å². The van der Waals surface area contributed by atoms with Crippen LogP contribution in [0.4, 0.5) is 20.3 Å². The molecule has 6 heteroatoms. The van der Waals surface area contributed by atoms with E-state index in [1.165, 1.54) is 18.3 Å². The fraction of sp³-hybridized carbons (Fsp3) is 0. The highest BCUT2D eigenvalue weighted by atomic mass is 19.2. The smallest absolute Gasteiger partial charge is 0.169 e. The van der Waals surface area contributed by atoms with E-state index in [2.05, 4.69) is 20.3 Å². The van der Waals surface area contributed by atoms with Crippen molar-refractivity contribution in [2.24, 2.45) is 0 Å². The second-order valence-electron chi connectivity index (χ2n) is 4.23. The predicted octanol–water partition coefficient (Wildman–Crippen LogP) is 3.56. The van der Waals surface area contributed by atoms with E-state index in [-0.39, 0.29) is 11.4 Å². The summed E-state index contributed by atoms with van der Waals surface area (Å²) in [4.78, 5) is 12.1. The number of hydrogen-bond acceptors (Lipinski definition) is 4. The van der Waals surface area contributed by atoms with Crippen LogP contribution in [0.5, 0.6) is 0 Å². The van der Waals surface area contributed by atoms with E-state index in [4.69, 9.17) is 0 Å². The topological polar surface area (TPSA) is 50.7 Å². The molecular formula is C15H10F2N4. The monoisotopic (exact) mass is 284 g/mol. The van der Waals surface area contributed by atoms with Crippen LogP contribution in [0.15, 0.2) is 55.0 Å². The van der Waals surface area contributed by atoms with E-state index in [9.17, 15) is 8.78 Å². The highest BCUT2D eigenvalue weighted by Crippen LogP contribution is 2.22. The molecule has 0 aliphatic rings. The van der Waals surface area contributed by atoms with Gasteiger partial charge in [-0.15, -0.1) is 0 Å². The van der Waals surface area contributed by atoms with Crippen molar-refractivity contribution in [2.45, 2.75) is 0 Å². The van der Waals surface area contributed by atoms with Crippen LogP contribution in [0.2, 0.25) is 0 Å². The van der Waals surface area contributed by atoms with Crippen molar-refractivity contribution in [3.05, 3.63) is 66.6 Å². The lowest BCUT2D eigenvalue weighted by Crippen LogP contribution is -1.98. The molecule has 1 aromatic carbocycles. The molecule has 3 rings (SSSR count). The van der Waals surface area contributed by atoms with Crippen LogP contribution in [-0.4, -0.2) is 15.0 Å². The first-order chi connectivity index (χ1) is 10.2. The minimum absolute atomic E-state index is 0.0216. The minimum Gasteiger partial charge on any atom is -0.340 e. The highest BCUT2D eigenvalue weighted by Gasteiger charge is 2.12. The summed E-state index contributed by atoms with van der Waals surface area (Å²) in [5, 5.41) is 3.04. The number of pyridine rings is 1. The molecule has 0 spiro atoms. The summed E-state index contributed by atoms with van der Waals surface area (Å²) in [5.41, 5.74) is 0.808. The van der Waals surface area contributed by atoms with Gasteiger partial charge in [0.25, 0.3) is 0 Å². The predicted molar refractivity (Wildman–Crippen MR) is 74.9 cm³/mol. The molecule has 3 aromatic rings. The number of anilines is 2. The van der Waals surface area contributed by atoms with Gasteiger partial charge in [0.15, 0.2) is 17.5 Å². The van der Waals surface area contributed by atoms with Gasteiger partial charge in [0, 0.05) is 24.3 Å². The normalized spacial score (nSPS) is 10.4. The van der Waals surface area contributed by atoms with Crippen molar-refractivity contribution >= 4 is 11.5 Å². The summed E-state index contributed by atoms with van der Waals surface area (Å²) >= 11 is 0. The molecule has 0 saturated heterocycles. The Hall–Kier alpha value is -2.89. The Kier molecular flexibility index (Phi) is 3.51. The summed E-state index contributed by atoms with van der Waals surface area (Å²) in [7, 11) is 0. The van der Waals surface area contributed by atoms with Crippen molar-refractivity contribution < 1.29 is 8.78 Å². The second-order valence-corrected chi connectivity index (χ2v) is 4.23. The van der Waals surface area contributed by atoms with Gasteiger partial charge in [-0.1, -0.05) is 6.07 Å². The summed E-state index contributed by atoms with van der Waals surface area (Å²) in [6.07, 6.45) is 4.75. The molecule has 21 heavy (non-hydrogen) atoms. The Balaban J connectivity index is 1.95. The Morgan fingerprint density at radius 3 is 2.52 bits per heavy atom. The SMILES string of the molecule is Fc1cccc(-c2nccc(Nc3ccncc3)n2)c1F. The maximum absolute atomic E-state index is 13.8. The van der Waals surface area contributed by atoms with Gasteiger partial charge in [0.1, 0.15) is 5.82 Å². The lowest BCUT2D eigenvalue weighted by molar-refractivity contribution is 0.510. The molecule has 0 saturated carbocycles. The molecule has 0 amide bonds. The number of rotatable bonds is 3. The first kappa shape index (κ1) is 13.1. The average molecular weight is 284 g/mol. The highest BCUT2D eigenvalue weighted by molar-refractivity contribution is 5.61. The number of hydrogen-bond donors (Lipinski definition) is 1. The minimum atomic E-state index is -0.960. The van der Waals surface area contributed by atoms with E-state index in [1.807, 2.05) is 0 Å². The van der Waals surface area contributed by atoms with Gasteiger partial charge in [0.2, 0.25) is 0 Å².